The van der Waals surface area contributed by atoms with E-state index in [9.17, 15) is 5.11 Å². The van der Waals surface area contributed by atoms with Gasteiger partial charge in [-0.1, -0.05) is 6.92 Å². The Balaban J connectivity index is 2.00. The average Bonchev–Trinajstić information content (AvgIpc) is 2.17. The van der Waals surface area contributed by atoms with Crippen molar-refractivity contribution in [1.29, 1.82) is 0 Å². The maximum Gasteiger partial charge on any atom is 0.0846 e. The lowest BCUT2D eigenvalue weighted by Crippen LogP contribution is -2.57. The molecule has 2 heterocycles. The standard InChI is InChI=1S/C12H23NO2/c1-9-3-5-13-11(7-9)12(14)4-6-15-10(2)8-12/h9-11,13-14H,3-8H2,1-2H3. The van der Waals surface area contributed by atoms with E-state index in [2.05, 4.69) is 19.2 Å². The zero-order valence-corrected chi connectivity index (χ0v) is 9.83. The first-order valence-corrected chi connectivity index (χ1v) is 6.17. The maximum atomic E-state index is 10.6. The van der Waals surface area contributed by atoms with Gasteiger partial charge in [0.2, 0.25) is 0 Å². The van der Waals surface area contributed by atoms with Gasteiger partial charge in [-0.05, 0) is 32.2 Å². The molecule has 2 rings (SSSR count). The monoisotopic (exact) mass is 213 g/mol. The quantitative estimate of drug-likeness (QED) is 0.690. The smallest absolute Gasteiger partial charge is 0.0846 e. The Labute approximate surface area is 92.2 Å². The third kappa shape index (κ3) is 2.52. The van der Waals surface area contributed by atoms with E-state index in [1.165, 1.54) is 6.42 Å². The van der Waals surface area contributed by atoms with Crippen molar-refractivity contribution in [3.05, 3.63) is 0 Å². The van der Waals surface area contributed by atoms with E-state index < -0.39 is 5.60 Å². The van der Waals surface area contributed by atoms with E-state index in [0.29, 0.717) is 6.61 Å². The van der Waals surface area contributed by atoms with Crippen molar-refractivity contribution >= 4 is 0 Å². The fourth-order valence-electron chi connectivity index (χ4n) is 2.93. The summed E-state index contributed by atoms with van der Waals surface area (Å²) in [5.74, 6) is 0.735. The molecule has 0 amide bonds. The van der Waals surface area contributed by atoms with Crippen molar-refractivity contribution in [3.63, 3.8) is 0 Å². The average molecular weight is 213 g/mol. The largest absolute Gasteiger partial charge is 0.388 e. The fourth-order valence-corrected chi connectivity index (χ4v) is 2.93. The molecule has 2 saturated heterocycles. The molecule has 2 N–H and O–H groups in total. The Hall–Kier alpha value is -0.120. The molecule has 0 radical (unpaired) electrons. The van der Waals surface area contributed by atoms with Gasteiger partial charge < -0.3 is 15.2 Å². The molecule has 2 aliphatic rings. The highest BCUT2D eigenvalue weighted by Gasteiger charge is 2.41. The molecule has 88 valence electrons. The predicted molar refractivity (Wildman–Crippen MR) is 59.8 cm³/mol. The van der Waals surface area contributed by atoms with Crippen molar-refractivity contribution in [2.45, 2.75) is 57.3 Å². The molecule has 0 bridgehead atoms. The summed E-state index contributed by atoms with van der Waals surface area (Å²) in [6, 6.07) is 0.271. The minimum atomic E-state index is -0.535. The van der Waals surface area contributed by atoms with Crippen molar-refractivity contribution in [2.24, 2.45) is 5.92 Å². The summed E-state index contributed by atoms with van der Waals surface area (Å²) in [4.78, 5) is 0. The number of nitrogens with one attached hydrogen (secondary N) is 1. The first-order valence-electron chi connectivity index (χ1n) is 6.17. The minimum absolute atomic E-state index is 0.197. The molecule has 0 aromatic rings. The molecule has 4 atom stereocenters. The van der Waals surface area contributed by atoms with Crippen molar-refractivity contribution < 1.29 is 9.84 Å². The number of rotatable bonds is 1. The highest BCUT2D eigenvalue weighted by Crippen LogP contribution is 2.32. The van der Waals surface area contributed by atoms with Gasteiger partial charge in [0.1, 0.15) is 0 Å². The molecular formula is C12H23NO2. The van der Waals surface area contributed by atoms with E-state index in [1.807, 2.05) is 0 Å². The van der Waals surface area contributed by atoms with E-state index in [1.54, 1.807) is 0 Å². The van der Waals surface area contributed by atoms with Crippen LogP contribution in [0.5, 0.6) is 0 Å². The Kier molecular flexibility index (Phi) is 3.33. The predicted octanol–water partition coefficient (Wildman–Crippen LogP) is 1.30. The highest BCUT2D eigenvalue weighted by molar-refractivity contribution is 4.97. The van der Waals surface area contributed by atoms with Crippen LogP contribution < -0.4 is 5.32 Å². The van der Waals surface area contributed by atoms with Gasteiger partial charge in [-0.3, -0.25) is 0 Å². The zero-order valence-electron chi connectivity index (χ0n) is 9.83. The molecule has 3 heteroatoms. The summed E-state index contributed by atoms with van der Waals surface area (Å²) in [5.41, 5.74) is -0.535. The number of hydrogen-bond donors (Lipinski definition) is 2. The Bertz CT molecular complexity index is 222. The molecule has 2 aliphatic heterocycles. The summed E-state index contributed by atoms with van der Waals surface area (Å²) < 4.78 is 5.50. The highest BCUT2D eigenvalue weighted by atomic mass is 16.5. The summed E-state index contributed by atoms with van der Waals surface area (Å²) in [7, 11) is 0. The normalized spacial score (nSPS) is 47.8. The SMILES string of the molecule is CC1CCNC(C2(O)CCOC(C)C2)C1. The summed E-state index contributed by atoms with van der Waals surface area (Å²) in [6.45, 7) is 6.07. The van der Waals surface area contributed by atoms with Gasteiger partial charge in [0.05, 0.1) is 11.7 Å². The van der Waals surface area contributed by atoms with E-state index in [4.69, 9.17) is 4.74 Å². The van der Waals surface area contributed by atoms with E-state index in [-0.39, 0.29) is 12.1 Å². The lowest BCUT2D eigenvalue weighted by molar-refractivity contribution is -0.120. The molecule has 2 fully saturated rings. The summed E-state index contributed by atoms with van der Waals surface area (Å²) >= 11 is 0. The molecular weight excluding hydrogens is 190 g/mol. The van der Waals surface area contributed by atoms with Crippen LogP contribution in [0.4, 0.5) is 0 Å². The topological polar surface area (TPSA) is 41.5 Å². The second-order valence-electron chi connectivity index (χ2n) is 5.38. The van der Waals surface area contributed by atoms with Crippen molar-refractivity contribution in [3.8, 4) is 0 Å². The molecule has 0 aromatic carbocycles. The van der Waals surface area contributed by atoms with Crippen LogP contribution in [0, 0.1) is 5.92 Å². The van der Waals surface area contributed by atoms with Crippen LogP contribution >= 0.6 is 0 Å². The molecule has 3 nitrogen and oxygen atoms in total. The van der Waals surface area contributed by atoms with Crippen LogP contribution in [0.3, 0.4) is 0 Å². The third-order valence-electron chi connectivity index (χ3n) is 3.89. The lowest BCUT2D eigenvalue weighted by Gasteiger charge is -2.44. The van der Waals surface area contributed by atoms with Crippen LogP contribution in [0.15, 0.2) is 0 Å². The lowest BCUT2D eigenvalue weighted by atomic mass is 9.78. The van der Waals surface area contributed by atoms with Gasteiger partial charge in [-0.2, -0.15) is 0 Å². The van der Waals surface area contributed by atoms with E-state index in [0.717, 1.165) is 31.7 Å². The minimum Gasteiger partial charge on any atom is -0.388 e. The number of hydrogen-bond acceptors (Lipinski definition) is 3. The van der Waals surface area contributed by atoms with Crippen LogP contribution in [0.25, 0.3) is 0 Å². The van der Waals surface area contributed by atoms with Crippen LogP contribution in [-0.2, 0) is 4.74 Å². The van der Waals surface area contributed by atoms with Gasteiger partial charge in [-0.25, -0.2) is 0 Å². The van der Waals surface area contributed by atoms with Gasteiger partial charge >= 0.3 is 0 Å². The number of ether oxygens (including phenoxy) is 1. The van der Waals surface area contributed by atoms with Gasteiger partial charge in [0, 0.05) is 25.5 Å². The first kappa shape index (κ1) is 11.4. The Morgan fingerprint density at radius 3 is 2.87 bits per heavy atom. The second kappa shape index (κ2) is 4.40. The summed E-state index contributed by atoms with van der Waals surface area (Å²) in [6.07, 6.45) is 4.09. The number of piperidine rings is 1. The molecule has 0 spiro atoms. The maximum absolute atomic E-state index is 10.6. The molecule has 15 heavy (non-hydrogen) atoms. The van der Waals surface area contributed by atoms with Gasteiger partial charge in [0.15, 0.2) is 0 Å². The van der Waals surface area contributed by atoms with Gasteiger partial charge in [-0.15, -0.1) is 0 Å². The van der Waals surface area contributed by atoms with Crippen molar-refractivity contribution in [2.75, 3.05) is 13.2 Å². The van der Waals surface area contributed by atoms with Gasteiger partial charge in [0.25, 0.3) is 0 Å². The van der Waals surface area contributed by atoms with Crippen LogP contribution in [0.2, 0.25) is 0 Å². The Morgan fingerprint density at radius 1 is 1.40 bits per heavy atom. The zero-order chi connectivity index (χ0) is 10.9. The molecule has 4 unspecified atom stereocenters. The van der Waals surface area contributed by atoms with Crippen molar-refractivity contribution in [1.82, 2.24) is 5.32 Å². The third-order valence-corrected chi connectivity index (χ3v) is 3.89. The number of aliphatic hydroxyl groups is 1. The molecule has 0 aromatic heterocycles. The van der Waals surface area contributed by atoms with Crippen LogP contribution in [0.1, 0.15) is 39.5 Å². The Morgan fingerprint density at radius 2 is 2.20 bits per heavy atom. The molecule has 0 aliphatic carbocycles. The molecule has 0 saturated carbocycles. The van der Waals surface area contributed by atoms with E-state index >= 15 is 0 Å². The van der Waals surface area contributed by atoms with Crippen LogP contribution in [-0.4, -0.2) is 36.0 Å². The first-order chi connectivity index (χ1) is 7.10. The fraction of sp³-hybridized carbons (Fsp3) is 1.00. The second-order valence-corrected chi connectivity index (χ2v) is 5.38. The summed E-state index contributed by atoms with van der Waals surface area (Å²) in [5, 5.41) is 14.1.